The lowest BCUT2D eigenvalue weighted by Gasteiger charge is -2.01. The fourth-order valence-electron chi connectivity index (χ4n) is 1.03. The first kappa shape index (κ1) is 10.6. The third-order valence-electron chi connectivity index (χ3n) is 1.66. The maximum atomic E-state index is 12.8. The summed E-state index contributed by atoms with van der Waals surface area (Å²) >= 11 is 0. The zero-order chi connectivity index (χ0) is 10.6. The average Bonchev–Trinajstić information content (AvgIpc) is 2.12. The molecule has 1 aromatic carbocycles. The van der Waals surface area contributed by atoms with Gasteiger partial charge in [0.25, 0.3) is 0 Å². The molecule has 0 radical (unpaired) electrons. The fraction of sp³-hybridized carbons (Fsp3) is 0.300. The topological polar surface area (TPSA) is 38.4 Å². The van der Waals surface area contributed by atoms with E-state index < -0.39 is 11.6 Å². The van der Waals surface area contributed by atoms with Gasteiger partial charge in [-0.25, -0.2) is 8.78 Å². The number of aliphatic imine (C=N–C) groups is 1. The summed E-state index contributed by atoms with van der Waals surface area (Å²) < 4.78 is 25.5. The molecule has 1 rings (SSSR count). The molecule has 0 unspecified atom stereocenters. The van der Waals surface area contributed by atoms with Gasteiger partial charge >= 0.3 is 0 Å². The van der Waals surface area contributed by atoms with Crippen LogP contribution in [-0.4, -0.2) is 12.4 Å². The predicted octanol–water partition coefficient (Wildman–Crippen LogP) is 2.08. The van der Waals surface area contributed by atoms with Gasteiger partial charge in [-0.1, -0.05) is 6.92 Å². The molecular weight excluding hydrogens is 186 g/mol. The lowest BCUT2D eigenvalue weighted by atomic mass is 10.2. The summed E-state index contributed by atoms with van der Waals surface area (Å²) in [6, 6.07) is 3.13. The van der Waals surface area contributed by atoms with Gasteiger partial charge in [-0.3, -0.25) is 4.99 Å². The van der Waals surface area contributed by atoms with Gasteiger partial charge < -0.3 is 5.73 Å². The third-order valence-corrected chi connectivity index (χ3v) is 1.66. The number of rotatable bonds is 3. The number of amidine groups is 1. The standard InChI is InChI=1S/C10H12F2N2/c1-2-3-14-10(13)7-4-8(11)6-9(12)5-7/h4-6H,2-3H2,1H3,(H2,13,14). The van der Waals surface area contributed by atoms with Crippen molar-refractivity contribution >= 4 is 5.84 Å². The summed E-state index contributed by atoms with van der Waals surface area (Å²) in [5.41, 5.74) is 5.82. The molecule has 0 saturated heterocycles. The Morgan fingerprint density at radius 2 is 1.86 bits per heavy atom. The molecule has 2 N–H and O–H groups in total. The van der Waals surface area contributed by atoms with Gasteiger partial charge in [0, 0.05) is 18.2 Å². The predicted molar refractivity (Wildman–Crippen MR) is 52.2 cm³/mol. The monoisotopic (exact) mass is 198 g/mol. The molecule has 0 spiro atoms. The van der Waals surface area contributed by atoms with Crippen LogP contribution >= 0.6 is 0 Å². The van der Waals surface area contributed by atoms with E-state index in [0.717, 1.165) is 24.6 Å². The molecule has 0 heterocycles. The van der Waals surface area contributed by atoms with Crippen LogP contribution in [-0.2, 0) is 0 Å². The second-order valence-corrected chi connectivity index (χ2v) is 2.93. The zero-order valence-electron chi connectivity index (χ0n) is 7.93. The Morgan fingerprint density at radius 3 is 2.36 bits per heavy atom. The van der Waals surface area contributed by atoms with Gasteiger partial charge in [0.15, 0.2) is 0 Å². The molecule has 0 atom stereocenters. The maximum absolute atomic E-state index is 12.8. The van der Waals surface area contributed by atoms with E-state index in [-0.39, 0.29) is 11.4 Å². The van der Waals surface area contributed by atoms with Crippen LogP contribution in [0.1, 0.15) is 18.9 Å². The number of nitrogens with two attached hydrogens (primary N) is 1. The first-order valence-electron chi connectivity index (χ1n) is 4.40. The second-order valence-electron chi connectivity index (χ2n) is 2.93. The van der Waals surface area contributed by atoms with Crippen molar-refractivity contribution in [3.05, 3.63) is 35.4 Å². The minimum absolute atomic E-state index is 0.172. The summed E-state index contributed by atoms with van der Waals surface area (Å²) in [6.07, 6.45) is 0.846. The van der Waals surface area contributed by atoms with Gasteiger partial charge in [0.1, 0.15) is 17.5 Å². The first-order valence-corrected chi connectivity index (χ1v) is 4.40. The van der Waals surface area contributed by atoms with Crippen LogP contribution in [0.25, 0.3) is 0 Å². The normalized spacial score (nSPS) is 11.8. The average molecular weight is 198 g/mol. The highest BCUT2D eigenvalue weighted by Crippen LogP contribution is 2.07. The quantitative estimate of drug-likeness (QED) is 0.586. The van der Waals surface area contributed by atoms with Crippen LogP contribution in [0.4, 0.5) is 8.78 Å². The van der Waals surface area contributed by atoms with Crippen molar-refractivity contribution in [1.29, 1.82) is 0 Å². The van der Waals surface area contributed by atoms with Crippen molar-refractivity contribution in [3.8, 4) is 0 Å². The van der Waals surface area contributed by atoms with E-state index in [9.17, 15) is 8.78 Å². The molecule has 0 saturated carbocycles. The van der Waals surface area contributed by atoms with Crippen molar-refractivity contribution in [3.63, 3.8) is 0 Å². The molecule has 0 aromatic heterocycles. The second kappa shape index (κ2) is 4.69. The summed E-state index contributed by atoms with van der Waals surface area (Å²) in [4.78, 5) is 3.96. The van der Waals surface area contributed by atoms with Crippen LogP contribution in [0.2, 0.25) is 0 Å². The summed E-state index contributed by atoms with van der Waals surface area (Å²) in [5.74, 6) is -1.12. The van der Waals surface area contributed by atoms with E-state index >= 15 is 0 Å². The molecule has 0 aliphatic heterocycles. The fourth-order valence-corrected chi connectivity index (χ4v) is 1.03. The Bertz CT molecular complexity index is 328. The van der Waals surface area contributed by atoms with Crippen molar-refractivity contribution in [2.75, 3.05) is 6.54 Å². The molecule has 0 aliphatic rings. The van der Waals surface area contributed by atoms with E-state index in [1.807, 2.05) is 6.92 Å². The largest absolute Gasteiger partial charge is 0.384 e. The molecule has 76 valence electrons. The van der Waals surface area contributed by atoms with E-state index in [0.29, 0.717) is 6.54 Å². The highest BCUT2D eigenvalue weighted by atomic mass is 19.1. The Labute approximate surface area is 81.5 Å². The molecule has 4 heteroatoms. The third kappa shape index (κ3) is 2.80. The zero-order valence-corrected chi connectivity index (χ0v) is 7.93. The lowest BCUT2D eigenvalue weighted by Crippen LogP contribution is -2.14. The van der Waals surface area contributed by atoms with Crippen molar-refractivity contribution in [2.24, 2.45) is 10.7 Å². The van der Waals surface area contributed by atoms with Gasteiger partial charge in [0.05, 0.1) is 0 Å². The molecule has 14 heavy (non-hydrogen) atoms. The minimum Gasteiger partial charge on any atom is -0.384 e. The SMILES string of the molecule is CCCN=C(N)c1cc(F)cc(F)c1. The van der Waals surface area contributed by atoms with Crippen LogP contribution in [0.5, 0.6) is 0 Å². The highest BCUT2D eigenvalue weighted by Gasteiger charge is 2.03. The number of benzene rings is 1. The van der Waals surface area contributed by atoms with Gasteiger partial charge in [-0.2, -0.15) is 0 Å². The van der Waals surface area contributed by atoms with Crippen LogP contribution < -0.4 is 5.73 Å². The molecule has 0 amide bonds. The molecule has 2 nitrogen and oxygen atoms in total. The van der Waals surface area contributed by atoms with Crippen molar-refractivity contribution < 1.29 is 8.78 Å². The highest BCUT2D eigenvalue weighted by molar-refractivity contribution is 5.97. The number of halogens is 2. The number of hydrogen-bond donors (Lipinski definition) is 1. The first-order chi connectivity index (χ1) is 6.63. The van der Waals surface area contributed by atoms with E-state index in [1.165, 1.54) is 0 Å². The Balaban J connectivity index is 2.95. The van der Waals surface area contributed by atoms with E-state index in [4.69, 9.17) is 5.73 Å². The van der Waals surface area contributed by atoms with Crippen LogP contribution in [0, 0.1) is 11.6 Å². The molecule has 1 aromatic rings. The minimum atomic E-state index is -0.644. The van der Waals surface area contributed by atoms with Gasteiger partial charge in [-0.05, 0) is 18.6 Å². The smallest absolute Gasteiger partial charge is 0.126 e. The summed E-state index contributed by atoms with van der Waals surface area (Å²) in [6.45, 7) is 2.51. The summed E-state index contributed by atoms with van der Waals surface area (Å²) in [5, 5.41) is 0. The van der Waals surface area contributed by atoms with Crippen molar-refractivity contribution in [2.45, 2.75) is 13.3 Å². The van der Waals surface area contributed by atoms with E-state index in [1.54, 1.807) is 0 Å². The molecular formula is C10H12F2N2. The van der Waals surface area contributed by atoms with Crippen LogP contribution in [0.3, 0.4) is 0 Å². The van der Waals surface area contributed by atoms with Crippen molar-refractivity contribution in [1.82, 2.24) is 0 Å². The maximum Gasteiger partial charge on any atom is 0.126 e. The lowest BCUT2D eigenvalue weighted by molar-refractivity contribution is 0.583. The summed E-state index contributed by atoms with van der Waals surface area (Å²) in [7, 11) is 0. The van der Waals surface area contributed by atoms with Crippen LogP contribution in [0.15, 0.2) is 23.2 Å². The molecule has 0 aliphatic carbocycles. The van der Waals surface area contributed by atoms with E-state index in [2.05, 4.69) is 4.99 Å². The number of nitrogens with zero attached hydrogens (tertiary/aromatic N) is 1. The van der Waals surface area contributed by atoms with Gasteiger partial charge in [0.2, 0.25) is 0 Å². The number of hydrogen-bond acceptors (Lipinski definition) is 1. The Morgan fingerprint density at radius 1 is 1.29 bits per heavy atom. The molecule has 0 fully saturated rings. The Kier molecular flexibility index (Phi) is 3.56. The van der Waals surface area contributed by atoms with Gasteiger partial charge in [-0.15, -0.1) is 0 Å². The Hall–Kier alpha value is -1.45. The molecule has 0 bridgehead atoms.